The molecule has 36 heteroatoms. The SMILES string of the molecule is C[Si]1(CCCOCC2CO2)CCCCO[Si](C)(CCCOCC2CO2)O[Si](C)(CCCOCC2CO2)O[Si](C)(CCCOCC2CO2)O1.C[Si]1(CCCOCC2CO2)CCCCO[Si](C)(CCCOCC2CO2)O[Si](C)(CCCOCC2CO2)O[Si](C)(CCCOCC2CO2)O[Si](C)(CCCOCC2CO2)O1. The van der Waals surface area contributed by atoms with Crippen LogP contribution in [0.2, 0.25) is 125 Å². The molecule has 11 fully saturated rings. The van der Waals surface area contributed by atoms with Gasteiger partial charge in [0.25, 0.3) is 0 Å². The number of epoxide rings is 9. The first kappa shape index (κ1) is 90.2. The van der Waals surface area contributed by atoms with Gasteiger partial charge in [0.05, 0.1) is 119 Å². The van der Waals surface area contributed by atoms with Crippen LogP contribution in [0.15, 0.2) is 0 Å². The Hall–Kier alpha value is 0.872. The van der Waals surface area contributed by atoms with Crippen LogP contribution in [-0.2, 0) is 123 Å². The molecule has 0 aromatic heterocycles. The van der Waals surface area contributed by atoms with E-state index in [1.807, 2.05) is 0 Å². The maximum atomic E-state index is 7.69. The smallest absolute Gasteiger partial charge is 0.326 e. The molecular weight excluding hydrogens is 1540 g/mol. The minimum atomic E-state index is -3.00. The summed E-state index contributed by atoms with van der Waals surface area (Å²) in [5.74, 6) is 0. The first-order valence-electron chi connectivity index (χ1n) is 41.5. The second kappa shape index (κ2) is 45.7. The van der Waals surface area contributed by atoms with Crippen LogP contribution in [0.3, 0.4) is 0 Å². The Labute approximate surface area is 651 Å². The van der Waals surface area contributed by atoms with Crippen molar-refractivity contribution in [3.05, 3.63) is 0 Å². The highest BCUT2D eigenvalue weighted by Crippen LogP contribution is 2.40. The van der Waals surface area contributed by atoms with Gasteiger partial charge in [-0.05, 0) is 196 Å². The van der Waals surface area contributed by atoms with Crippen molar-refractivity contribution in [3.63, 3.8) is 0 Å². The normalized spacial score (nSPS) is 38.4. The van der Waals surface area contributed by atoms with Crippen molar-refractivity contribution in [1.29, 1.82) is 0 Å². The molecule has 0 aromatic rings. The van der Waals surface area contributed by atoms with Crippen molar-refractivity contribution in [2.45, 2.75) is 264 Å². The average molecular weight is 1680 g/mol. The average Bonchev–Trinajstić information content (AvgIpc) is 1.22. The summed E-state index contributed by atoms with van der Waals surface area (Å²) in [5, 5.41) is 0. The minimum Gasteiger partial charge on any atom is -0.436 e. The topological polar surface area (TPSA) is 279 Å². The molecule has 11 aliphatic rings. The van der Waals surface area contributed by atoms with Crippen molar-refractivity contribution in [2.24, 2.45) is 0 Å². The lowest BCUT2D eigenvalue weighted by atomic mass is 10.4. The van der Waals surface area contributed by atoms with Gasteiger partial charge in [0, 0.05) is 72.7 Å². The molecule has 0 N–H and O–H groups in total. The minimum absolute atomic E-state index is 0.227. The van der Waals surface area contributed by atoms with E-state index in [0.29, 0.717) is 132 Å². The van der Waals surface area contributed by atoms with Gasteiger partial charge in [0.1, 0.15) is 54.9 Å². The van der Waals surface area contributed by atoms with Gasteiger partial charge in [-0.3, -0.25) is 0 Å². The molecule has 11 aliphatic heterocycles. The van der Waals surface area contributed by atoms with Crippen LogP contribution in [-0.4, -0.2) is 323 Å². The fraction of sp³-hybridized carbons (Fsp3) is 1.00. The van der Waals surface area contributed by atoms with E-state index in [1.54, 1.807) is 0 Å². The first-order chi connectivity index (χ1) is 51.6. The second-order valence-corrected chi connectivity index (χ2v) is 66.8. The maximum absolute atomic E-state index is 7.69. The Bertz CT molecular complexity index is 2310. The molecule has 0 radical (unpaired) electrons. The van der Waals surface area contributed by atoms with E-state index in [4.69, 9.17) is 123 Å². The molecular formula is C71H142O27Si9. The van der Waals surface area contributed by atoms with E-state index < -0.39 is 76.6 Å². The molecule has 11 rings (SSSR count). The zero-order valence-electron chi connectivity index (χ0n) is 67.2. The molecule has 0 aliphatic carbocycles. The predicted molar refractivity (Wildman–Crippen MR) is 422 cm³/mol. The standard InChI is InChI=1S/C39H78O15Si5.C32H64O12Si4/c1-55(20-8-13-40-25-35-30-45-35)19-7-6-18-50-56(2,21-9-14-41-26-36-31-46-36)52-58(4,23-11-16-43-28-38-33-48-38)54-59(5,24-12-17-44-29-39-34-49-39)53-57(3,51-55)22-10-15-42-27-37-32-47-37;1-45(17-7-11-33-21-29-25-37-29)16-6-5-15-41-46(2,18-8-12-34-22-30-26-38-30)43-48(4,20-10-14-36-24-32-28-40-32)44-47(3,42-45)19-9-13-35-23-31-27-39-31/h35-39H,6-34H2,1-5H3;29-32H,5-28H2,1-4H3. The lowest BCUT2D eigenvalue weighted by Crippen LogP contribution is -2.62. The molecule has 11 saturated heterocycles. The molecule has 0 aromatic carbocycles. The summed E-state index contributed by atoms with van der Waals surface area (Å²) >= 11 is 0. The zero-order chi connectivity index (χ0) is 75.3. The summed E-state index contributed by atoms with van der Waals surface area (Å²) in [6.45, 7) is 41.2. The quantitative estimate of drug-likeness (QED) is 0.0311. The molecule has 107 heavy (non-hydrogen) atoms. The molecule has 624 valence electrons. The summed E-state index contributed by atoms with van der Waals surface area (Å²) in [6.07, 6.45) is 14.4. The Morgan fingerprint density at radius 2 is 0.383 bits per heavy atom. The van der Waals surface area contributed by atoms with E-state index in [2.05, 4.69) is 58.9 Å². The molecule has 11 heterocycles. The van der Waals surface area contributed by atoms with Crippen LogP contribution in [0.25, 0.3) is 0 Å². The van der Waals surface area contributed by atoms with Gasteiger partial charge >= 0.3 is 59.9 Å². The highest BCUT2D eigenvalue weighted by molar-refractivity contribution is 6.92. The summed E-state index contributed by atoms with van der Waals surface area (Å²) in [5.41, 5.74) is 0. The lowest BCUT2D eigenvalue weighted by Gasteiger charge is -2.47. The van der Waals surface area contributed by atoms with Gasteiger partial charge in [0.2, 0.25) is 0 Å². The Balaban J connectivity index is 0.000000234. The summed E-state index contributed by atoms with van der Waals surface area (Å²) in [7, 11) is -24.1. The predicted octanol–water partition coefficient (Wildman–Crippen LogP) is 10.6. The van der Waals surface area contributed by atoms with E-state index in [-0.39, 0.29) is 48.8 Å². The van der Waals surface area contributed by atoms with Crippen molar-refractivity contribution in [1.82, 2.24) is 0 Å². The number of rotatable bonds is 54. The van der Waals surface area contributed by atoms with Gasteiger partial charge in [-0.15, -0.1) is 0 Å². The van der Waals surface area contributed by atoms with Crippen molar-refractivity contribution >= 4 is 76.6 Å². The second-order valence-electron chi connectivity index (χ2n) is 33.4. The van der Waals surface area contributed by atoms with Crippen LogP contribution in [0, 0.1) is 0 Å². The third kappa shape index (κ3) is 40.3. The zero-order valence-corrected chi connectivity index (χ0v) is 76.2. The van der Waals surface area contributed by atoms with E-state index >= 15 is 0 Å². The number of ether oxygens (including phenoxy) is 18. The van der Waals surface area contributed by atoms with Gasteiger partial charge in [-0.25, -0.2) is 0 Å². The molecule has 0 saturated carbocycles. The summed E-state index contributed by atoms with van der Waals surface area (Å²) in [6, 6.07) is 9.96. The fourth-order valence-corrected chi connectivity index (χ4v) is 62.0. The van der Waals surface area contributed by atoms with E-state index in [1.165, 1.54) is 0 Å². The summed E-state index contributed by atoms with van der Waals surface area (Å²) in [4.78, 5) is 0. The van der Waals surface area contributed by atoms with Crippen molar-refractivity contribution in [3.8, 4) is 0 Å². The van der Waals surface area contributed by atoms with Gasteiger partial charge < -0.3 is 123 Å². The molecule has 0 amide bonds. The fourth-order valence-electron chi connectivity index (χ4n) is 14.5. The van der Waals surface area contributed by atoms with E-state index in [0.717, 1.165) is 216 Å². The third-order valence-electron chi connectivity index (χ3n) is 20.9. The molecule has 18 atom stereocenters. The first-order valence-corrected chi connectivity index (χ1v) is 64.8. The van der Waals surface area contributed by atoms with Crippen LogP contribution >= 0.6 is 0 Å². The van der Waals surface area contributed by atoms with Gasteiger partial charge in [-0.2, -0.15) is 0 Å². The molecule has 18 unspecified atom stereocenters. The monoisotopic (exact) mass is 1680 g/mol. The molecule has 0 bridgehead atoms. The van der Waals surface area contributed by atoms with Gasteiger partial charge in [0.15, 0.2) is 16.6 Å². The Morgan fingerprint density at radius 1 is 0.215 bits per heavy atom. The van der Waals surface area contributed by atoms with Crippen LogP contribution < -0.4 is 0 Å². The third-order valence-corrected chi connectivity index (χ3v) is 61.7. The Kier molecular flexibility index (Phi) is 38.5. The highest BCUT2D eigenvalue weighted by atomic mass is 28.5. The largest absolute Gasteiger partial charge is 0.436 e. The lowest BCUT2D eigenvalue weighted by molar-refractivity contribution is 0.112. The molecule has 0 spiro atoms. The van der Waals surface area contributed by atoms with Gasteiger partial charge in [-0.1, -0.05) is 12.8 Å². The van der Waals surface area contributed by atoms with Crippen LogP contribution in [0.1, 0.15) is 83.5 Å². The Morgan fingerprint density at radius 3 is 0.579 bits per heavy atom. The molecule has 27 nitrogen and oxygen atoms in total. The van der Waals surface area contributed by atoms with Crippen molar-refractivity contribution < 1.29 is 123 Å². The number of hydrogen-bond donors (Lipinski definition) is 0. The van der Waals surface area contributed by atoms with Crippen LogP contribution in [0.5, 0.6) is 0 Å². The highest BCUT2D eigenvalue weighted by Gasteiger charge is 2.54. The van der Waals surface area contributed by atoms with Crippen molar-refractivity contribution in [2.75, 3.05) is 192 Å². The number of hydrogen-bond acceptors (Lipinski definition) is 27. The maximum Gasteiger partial charge on any atom is 0.326 e. The van der Waals surface area contributed by atoms with Crippen LogP contribution in [0.4, 0.5) is 0 Å². The summed E-state index contributed by atoms with van der Waals surface area (Å²) < 4.78 is 169. The van der Waals surface area contributed by atoms with E-state index in [9.17, 15) is 0 Å².